The zero-order valence-electron chi connectivity index (χ0n) is 12.2. The normalized spacial score (nSPS) is 12.6. The molecule has 0 amide bonds. The van der Waals surface area contributed by atoms with E-state index < -0.39 is 11.2 Å². The minimum absolute atomic E-state index is 0.498. The van der Waals surface area contributed by atoms with E-state index in [-0.39, 0.29) is 0 Å². The van der Waals surface area contributed by atoms with Gasteiger partial charge < -0.3 is 4.55 Å². The molecular formula is C16H12N4OS2. The summed E-state index contributed by atoms with van der Waals surface area (Å²) in [5.41, 5.74) is 3.03. The standard InChI is InChI=1S/C16H12N4OS2/c1-11-7-8-20-14(9-11)13(10-17-20)15-18-19-16(22-15)23(21)12-5-3-2-4-6-12/h2-10H,1H3. The first kappa shape index (κ1) is 14.4. The third-order valence-electron chi connectivity index (χ3n) is 3.43. The van der Waals surface area contributed by atoms with Crippen LogP contribution in [0.3, 0.4) is 0 Å². The van der Waals surface area contributed by atoms with Crippen molar-refractivity contribution in [1.82, 2.24) is 19.8 Å². The highest BCUT2D eigenvalue weighted by atomic mass is 32.2. The molecule has 0 radical (unpaired) electrons. The first-order chi connectivity index (χ1) is 11.2. The first-order valence-electron chi connectivity index (χ1n) is 6.97. The van der Waals surface area contributed by atoms with Crippen molar-refractivity contribution in [2.75, 3.05) is 0 Å². The molecule has 5 nitrogen and oxygen atoms in total. The molecule has 0 spiro atoms. The number of pyridine rings is 1. The van der Waals surface area contributed by atoms with Gasteiger partial charge in [0.15, 0.2) is 9.90 Å². The molecule has 7 heteroatoms. The average Bonchev–Trinajstić information content (AvgIpc) is 3.21. The summed E-state index contributed by atoms with van der Waals surface area (Å²) in [6.45, 7) is 2.03. The molecule has 3 aromatic heterocycles. The highest BCUT2D eigenvalue weighted by Gasteiger charge is 2.22. The number of nitrogens with zero attached hydrogens (tertiary/aromatic N) is 4. The topological polar surface area (TPSA) is 66.1 Å². The van der Waals surface area contributed by atoms with Gasteiger partial charge in [-0.05, 0) is 48.1 Å². The van der Waals surface area contributed by atoms with E-state index in [1.807, 2.05) is 49.5 Å². The lowest BCUT2D eigenvalue weighted by molar-refractivity contribution is 0.593. The van der Waals surface area contributed by atoms with Gasteiger partial charge in [0.25, 0.3) is 0 Å². The van der Waals surface area contributed by atoms with E-state index in [0.717, 1.165) is 26.5 Å². The summed E-state index contributed by atoms with van der Waals surface area (Å²) in [7, 11) is 0. The Morgan fingerprint density at radius 3 is 2.78 bits per heavy atom. The van der Waals surface area contributed by atoms with Gasteiger partial charge in [-0.15, -0.1) is 5.10 Å². The van der Waals surface area contributed by atoms with Crippen molar-refractivity contribution in [2.24, 2.45) is 0 Å². The Morgan fingerprint density at radius 2 is 1.96 bits per heavy atom. The van der Waals surface area contributed by atoms with Gasteiger partial charge >= 0.3 is 4.34 Å². The van der Waals surface area contributed by atoms with Gasteiger partial charge in [0.05, 0.1) is 28.5 Å². The molecule has 0 aliphatic heterocycles. The Morgan fingerprint density at radius 1 is 1.13 bits per heavy atom. The lowest BCUT2D eigenvalue weighted by Gasteiger charge is -2.04. The maximum Gasteiger partial charge on any atom is 0.327 e. The second kappa shape index (κ2) is 5.77. The molecule has 3 heterocycles. The Kier molecular flexibility index (Phi) is 3.60. The van der Waals surface area contributed by atoms with Gasteiger partial charge in [-0.3, -0.25) is 0 Å². The maximum absolute atomic E-state index is 12.5. The lowest BCUT2D eigenvalue weighted by atomic mass is 10.2. The largest absolute Gasteiger partial charge is 0.605 e. The number of fused-ring (bicyclic) bond motifs is 1. The predicted molar refractivity (Wildman–Crippen MR) is 89.9 cm³/mol. The van der Waals surface area contributed by atoms with Crippen LogP contribution in [0.25, 0.3) is 16.1 Å². The van der Waals surface area contributed by atoms with Crippen LogP contribution in [0.4, 0.5) is 0 Å². The van der Waals surface area contributed by atoms with Crippen LogP contribution in [0.2, 0.25) is 0 Å². The third kappa shape index (κ3) is 2.63. The molecule has 23 heavy (non-hydrogen) atoms. The Balaban J connectivity index is 1.74. The van der Waals surface area contributed by atoms with Gasteiger partial charge in [-0.2, -0.15) is 5.10 Å². The fraction of sp³-hybridized carbons (Fsp3) is 0.0625. The van der Waals surface area contributed by atoms with Crippen LogP contribution in [0.1, 0.15) is 5.56 Å². The highest BCUT2D eigenvalue weighted by Crippen LogP contribution is 2.31. The molecule has 1 unspecified atom stereocenters. The van der Waals surface area contributed by atoms with Gasteiger partial charge in [-0.1, -0.05) is 23.3 Å². The maximum atomic E-state index is 12.5. The van der Waals surface area contributed by atoms with Crippen molar-refractivity contribution in [3.63, 3.8) is 0 Å². The van der Waals surface area contributed by atoms with Crippen LogP contribution >= 0.6 is 11.3 Å². The number of hydrogen-bond acceptors (Lipinski definition) is 5. The summed E-state index contributed by atoms with van der Waals surface area (Å²) in [6.07, 6.45) is 3.68. The van der Waals surface area contributed by atoms with Crippen LogP contribution in [-0.4, -0.2) is 24.4 Å². The van der Waals surface area contributed by atoms with Crippen LogP contribution in [0, 0.1) is 6.92 Å². The minimum Gasteiger partial charge on any atom is -0.605 e. The van der Waals surface area contributed by atoms with Gasteiger partial charge in [0.2, 0.25) is 0 Å². The van der Waals surface area contributed by atoms with Crippen LogP contribution in [0.15, 0.2) is 64.1 Å². The molecule has 4 rings (SSSR count). The molecule has 1 aromatic carbocycles. The fourth-order valence-electron chi connectivity index (χ4n) is 2.29. The summed E-state index contributed by atoms with van der Waals surface area (Å²) in [4.78, 5) is 0.728. The average molecular weight is 340 g/mol. The van der Waals surface area contributed by atoms with Crippen molar-refractivity contribution in [3.8, 4) is 10.6 Å². The number of benzene rings is 1. The molecule has 0 aliphatic carbocycles. The molecule has 0 fully saturated rings. The van der Waals surface area contributed by atoms with Gasteiger partial charge in [0, 0.05) is 6.20 Å². The number of aryl methyl sites for hydroxylation is 1. The zero-order valence-corrected chi connectivity index (χ0v) is 13.8. The number of hydrogen-bond donors (Lipinski definition) is 0. The molecular weight excluding hydrogens is 328 g/mol. The predicted octanol–water partition coefficient (Wildman–Crippen LogP) is 3.33. The first-order valence-corrected chi connectivity index (χ1v) is 8.94. The van der Waals surface area contributed by atoms with Crippen LogP contribution in [-0.2, 0) is 11.2 Å². The smallest absolute Gasteiger partial charge is 0.327 e. The van der Waals surface area contributed by atoms with E-state index in [9.17, 15) is 4.55 Å². The lowest BCUT2D eigenvalue weighted by Crippen LogP contribution is -2.00. The Hall–Kier alpha value is -2.22. The molecule has 4 aromatic rings. The van der Waals surface area contributed by atoms with Crippen molar-refractivity contribution in [2.45, 2.75) is 16.2 Å². The molecule has 0 saturated heterocycles. The van der Waals surface area contributed by atoms with Crippen molar-refractivity contribution in [3.05, 3.63) is 60.4 Å². The molecule has 1 atom stereocenters. The van der Waals surface area contributed by atoms with E-state index in [0.29, 0.717) is 4.34 Å². The van der Waals surface area contributed by atoms with Crippen LogP contribution in [0.5, 0.6) is 0 Å². The summed E-state index contributed by atoms with van der Waals surface area (Å²) < 4.78 is 14.8. The molecule has 114 valence electrons. The summed E-state index contributed by atoms with van der Waals surface area (Å²) in [6, 6.07) is 13.3. The zero-order chi connectivity index (χ0) is 15.8. The van der Waals surface area contributed by atoms with E-state index in [4.69, 9.17) is 0 Å². The summed E-state index contributed by atoms with van der Waals surface area (Å²) >= 11 is 0.0305. The second-order valence-electron chi connectivity index (χ2n) is 5.05. The molecule has 0 bridgehead atoms. The number of aromatic nitrogens is 4. The Labute approximate surface area is 139 Å². The monoisotopic (exact) mass is 340 g/mol. The van der Waals surface area contributed by atoms with Gasteiger partial charge in [-0.25, -0.2) is 4.52 Å². The van der Waals surface area contributed by atoms with Gasteiger partial charge in [0.1, 0.15) is 0 Å². The molecule has 0 N–H and O–H groups in total. The van der Waals surface area contributed by atoms with Crippen LogP contribution < -0.4 is 0 Å². The van der Waals surface area contributed by atoms with E-state index in [1.54, 1.807) is 10.7 Å². The van der Waals surface area contributed by atoms with E-state index in [1.165, 1.54) is 11.3 Å². The highest BCUT2D eigenvalue weighted by molar-refractivity contribution is 7.93. The third-order valence-corrected chi connectivity index (χ3v) is 5.98. The molecule has 0 saturated carbocycles. The quantitative estimate of drug-likeness (QED) is 0.537. The SMILES string of the molecule is Cc1ccn2ncc(-c3nnc([S+]([O-])c4ccccc4)s3)c2c1. The van der Waals surface area contributed by atoms with E-state index in [2.05, 4.69) is 21.4 Å². The Bertz CT molecular complexity index is 965. The summed E-state index contributed by atoms with van der Waals surface area (Å²) in [5, 5.41) is 13.4. The van der Waals surface area contributed by atoms with Crippen molar-refractivity contribution < 1.29 is 4.55 Å². The van der Waals surface area contributed by atoms with Crippen molar-refractivity contribution in [1.29, 1.82) is 0 Å². The minimum atomic E-state index is -1.31. The summed E-state index contributed by atoms with van der Waals surface area (Å²) in [5.74, 6) is 0. The number of rotatable bonds is 3. The van der Waals surface area contributed by atoms with E-state index >= 15 is 0 Å². The van der Waals surface area contributed by atoms with Crippen molar-refractivity contribution >= 4 is 28.0 Å². The fourth-order valence-corrected chi connectivity index (χ4v) is 4.43. The second-order valence-corrected chi connectivity index (χ2v) is 7.68. The molecule has 0 aliphatic rings.